The minimum atomic E-state index is -0.681. The molecule has 2 atom stereocenters. The fourth-order valence-electron chi connectivity index (χ4n) is 2.33. The molecular weight excluding hydrogens is 242 g/mol. The van der Waals surface area contributed by atoms with E-state index in [2.05, 4.69) is 17.2 Å². The number of β-amino-alcohol motifs (C(OH)–C–C–N with tert-alkyl or cyclic N) is 2. The van der Waals surface area contributed by atoms with Crippen LogP contribution in [0.3, 0.4) is 0 Å². The van der Waals surface area contributed by atoms with E-state index in [-0.39, 0.29) is 0 Å². The van der Waals surface area contributed by atoms with Crippen molar-refractivity contribution in [2.75, 3.05) is 18.0 Å². The van der Waals surface area contributed by atoms with E-state index < -0.39 is 12.2 Å². The molecule has 2 N–H and O–H groups in total. The molecule has 1 aromatic carbocycles. The molecule has 0 radical (unpaired) electrons. The average Bonchev–Trinajstić information content (AvgIpc) is 2.99. The van der Waals surface area contributed by atoms with E-state index in [1.165, 1.54) is 5.56 Å². The van der Waals surface area contributed by atoms with Crippen molar-refractivity contribution in [3.05, 3.63) is 48.2 Å². The van der Waals surface area contributed by atoms with Crippen LogP contribution in [-0.2, 0) is 6.54 Å². The zero-order valence-electron chi connectivity index (χ0n) is 10.6. The molecule has 19 heavy (non-hydrogen) atoms. The fraction of sp³-hybridized carbons (Fsp3) is 0.357. The lowest BCUT2D eigenvalue weighted by atomic mass is 10.2. The lowest BCUT2D eigenvalue weighted by molar-refractivity contribution is 0.0572. The van der Waals surface area contributed by atoms with Crippen LogP contribution in [0.5, 0.6) is 0 Å². The van der Waals surface area contributed by atoms with Crippen LogP contribution >= 0.6 is 0 Å². The Morgan fingerprint density at radius 1 is 1.05 bits per heavy atom. The Labute approximate surface area is 111 Å². The second-order valence-corrected chi connectivity index (χ2v) is 4.90. The van der Waals surface area contributed by atoms with Gasteiger partial charge in [-0.15, -0.1) is 0 Å². The summed E-state index contributed by atoms with van der Waals surface area (Å²) in [6.45, 7) is 1.59. The molecule has 0 unspecified atom stereocenters. The first-order valence-electron chi connectivity index (χ1n) is 6.41. The number of hydrogen-bond donors (Lipinski definition) is 2. The zero-order valence-corrected chi connectivity index (χ0v) is 10.6. The first-order valence-corrected chi connectivity index (χ1v) is 6.41. The van der Waals surface area contributed by atoms with Crippen molar-refractivity contribution >= 4 is 5.82 Å². The summed E-state index contributed by atoms with van der Waals surface area (Å²) in [4.78, 5) is 1.90. The number of aliphatic hydroxyl groups excluding tert-OH is 2. The maximum atomic E-state index is 9.55. The highest BCUT2D eigenvalue weighted by Crippen LogP contribution is 2.18. The van der Waals surface area contributed by atoms with Gasteiger partial charge in [-0.05, 0) is 5.56 Å². The highest BCUT2D eigenvalue weighted by Gasteiger charge is 2.30. The quantitative estimate of drug-likeness (QED) is 0.841. The Kier molecular flexibility index (Phi) is 3.23. The van der Waals surface area contributed by atoms with Gasteiger partial charge in [0.2, 0.25) is 0 Å². The van der Waals surface area contributed by atoms with Gasteiger partial charge in [-0.25, -0.2) is 0 Å². The average molecular weight is 259 g/mol. The van der Waals surface area contributed by atoms with Gasteiger partial charge in [0, 0.05) is 25.4 Å². The van der Waals surface area contributed by atoms with Gasteiger partial charge in [0.15, 0.2) is 5.82 Å². The summed E-state index contributed by atoms with van der Waals surface area (Å²) in [5.41, 5.74) is 1.19. The van der Waals surface area contributed by atoms with Gasteiger partial charge >= 0.3 is 0 Å². The minimum absolute atomic E-state index is 0.434. The Bertz CT molecular complexity index is 531. The first-order chi connectivity index (χ1) is 9.22. The summed E-state index contributed by atoms with van der Waals surface area (Å²) >= 11 is 0. The van der Waals surface area contributed by atoms with Crippen molar-refractivity contribution in [3.8, 4) is 0 Å². The van der Waals surface area contributed by atoms with Gasteiger partial charge in [0.25, 0.3) is 0 Å². The number of anilines is 1. The molecule has 0 spiro atoms. The highest BCUT2D eigenvalue weighted by atomic mass is 16.3. The van der Waals surface area contributed by atoms with Crippen LogP contribution in [0.15, 0.2) is 42.6 Å². The van der Waals surface area contributed by atoms with Crippen LogP contribution in [-0.4, -0.2) is 45.3 Å². The Morgan fingerprint density at radius 3 is 2.42 bits per heavy atom. The summed E-state index contributed by atoms with van der Waals surface area (Å²) in [6.07, 6.45) is 0.554. The third-order valence-corrected chi connectivity index (χ3v) is 3.40. The molecular formula is C14H17N3O2. The molecule has 0 aliphatic carbocycles. The van der Waals surface area contributed by atoms with E-state index in [1.807, 2.05) is 40.0 Å². The Morgan fingerprint density at radius 2 is 1.74 bits per heavy atom. The number of hydrogen-bond acceptors (Lipinski definition) is 4. The monoisotopic (exact) mass is 259 g/mol. The molecule has 5 heteroatoms. The molecule has 0 amide bonds. The Balaban J connectivity index is 1.70. The van der Waals surface area contributed by atoms with E-state index in [1.54, 1.807) is 0 Å². The van der Waals surface area contributed by atoms with Gasteiger partial charge < -0.3 is 15.1 Å². The molecule has 0 bridgehead atoms. The molecule has 1 saturated heterocycles. The van der Waals surface area contributed by atoms with Crippen molar-refractivity contribution in [1.82, 2.24) is 9.78 Å². The number of nitrogens with zero attached hydrogens (tertiary/aromatic N) is 3. The minimum Gasteiger partial charge on any atom is -0.389 e. The molecule has 1 aliphatic rings. The van der Waals surface area contributed by atoms with E-state index >= 15 is 0 Å². The van der Waals surface area contributed by atoms with E-state index in [0.29, 0.717) is 13.1 Å². The molecule has 5 nitrogen and oxygen atoms in total. The second kappa shape index (κ2) is 5.03. The Hall–Kier alpha value is -1.85. The number of rotatable bonds is 3. The fourth-order valence-corrected chi connectivity index (χ4v) is 2.33. The van der Waals surface area contributed by atoms with Gasteiger partial charge in [-0.3, -0.25) is 4.68 Å². The SMILES string of the molecule is O[C@@H]1CN(c2ccn(Cc3ccccc3)n2)C[C@@H]1O. The van der Waals surface area contributed by atoms with Crippen LogP contribution in [0, 0.1) is 0 Å². The smallest absolute Gasteiger partial charge is 0.150 e. The molecule has 2 aromatic rings. The third kappa shape index (κ3) is 2.62. The van der Waals surface area contributed by atoms with Crippen molar-refractivity contribution < 1.29 is 10.2 Å². The summed E-state index contributed by atoms with van der Waals surface area (Å²) in [7, 11) is 0. The van der Waals surface area contributed by atoms with Crippen LogP contribution in [0.4, 0.5) is 5.82 Å². The highest BCUT2D eigenvalue weighted by molar-refractivity contribution is 5.39. The number of aromatic nitrogens is 2. The van der Waals surface area contributed by atoms with Crippen molar-refractivity contribution in [1.29, 1.82) is 0 Å². The standard InChI is InChI=1S/C14H17N3O2/c18-12-9-16(10-13(12)19)14-6-7-17(15-14)8-11-4-2-1-3-5-11/h1-7,12-13,18-19H,8-10H2/t12-,13+. The van der Waals surface area contributed by atoms with Gasteiger partial charge in [0.1, 0.15) is 0 Å². The van der Waals surface area contributed by atoms with Crippen LogP contribution in [0.1, 0.15) is 5.56 Å². The summed E-state index contributed by atoms with van der Waals surface area (Å²) in [5, 5.41) is 23.6. The number of aliphatic hydroxyl groups is 2. The van der Waals surface area contributed by atoms with E-state index in [4.69, 9.17) is 0 Å². The van der Waals surface area contributed by atoms with E-state index in [0.717, 1.165) is 12.4 Å². The molecule has 3 rings (SSSR count). The molecule has 100 valence electrons. The van der Waals surface area contributed by atoms with E-state index in [9.17, 15) is 10.2 Å². The van der Waals surface area contributed by atoms with Crippen LogP contribution in [0.25, 0.3) is 0 Å². The van der Waals surface area contributed by atoms with Crippen LogP contribution in [0.2, 0.25) is 0 Å². The largest absolute Gasteiger partial charge is 0.389 e. The molecule has 2 heterocycles. The van der Waals surface area contributed by atoms with Gasteiger partial charge in [-0.1, -0.05) is 30.3 Å². The molecule has 1 aromatic heterocycles. The summed E-state index contributed by atoms with van der Waals surface area (Å²) in [6, 6.07) is 12.0. The summed E-state index contributed by atoms with van der Waals surface area (Å²) in [5.74, 6) is 0.798. The maximum absolute atomic E-state index is 9.55. The zero-order chi connectivity index (χ0) is 13.2. The predicted octanol–water partition coefficient (Wildman–Crippen LogP) is 0.473. The third-order valence-electron chi connectivity index (χ3n) is 3.40. The normalized spacial score (nSPS) is 22.9. The lowest BCUT2D eigenvalue weighted by Crippen LogP contribution is -2.22. The number of benzene rings is 1. The topological polar surface area (TPSA) is 61.5 Å². The molecule has 0 saturated carbocycles. The predicted molar refractivity (Wildman–Crippen MR) is 72.0 cm³/mol. The van der Waals surface area contributed by atoms with Crippen molar-refractivity contribution in [3.63, 3.8) is 0 Å². The second-order valence-electron chi connectivity index (χ2n) is 4.90. The van der Waals surface area contributed by atoms with Crippen molar-refractivity contribution in [2.45, 2.75) is 18.8 Å². The van der Waals surface area contributed by atoms with Gasteiger partial charge in [-0.2, -0.15) is 5.10 Å². The summed E-state index contributed by atoms with van der Waals surface area (Å²) < 4.78 is 1.86. The first kappa shape index (κ1) is 12.2. The van der Waals surface area contributed by atoms with Crippen molar-refractivity contribution in [2.24, 2.45) is 0 Å². The molecule has 1 fully saturated rings. The van der Waals surface area contributed by atoms with Gasteiger partial charge in [0.05, 0.1) is 18.8 Å². The lowest BCUT2D eigenvalue weighted by Gasteiger charge is -2.13. The molecule has 1 aliphatic heterocycles. The maximum Gasteiger partial charge on any atom is 0.150 e. The van der Waals surface area contributed by atoms with Crippen LogP contribution < -0.4 is 4.90 Å².